The number of rotatable bonds is 6. The van der Waals surface area contributed by atoms with E-state index >= 15 is 0 Å². The predicted molar refractivity (Wildman–Crippen MR) is 113 cm³/mol. The molecule has 1 N–H and O–H groups in total. The monoisotopic (exact) mass is 399 g/mol. The molecule has 2 amide bonds. The van der Waals surface area contributed by atoms with Crippen LogP contribution in [0.15, 0.2) is 48.5 Å². The van der Waals surface area contributed by atoms with Crippen LogP contribution in [0.2, 0.25) is 5.02 Å². The molecular formula is C22H26ClN3O2. The molecule has 1 heterocycles. The fourth-order valence-electron chi connectivity index (χ4n) is 3.34. The van der Waals surface area contributed by atoms with Crippen LogP contribution in [0.4, 0.5) is 5.69 Å². The van der Waals surface area contributed by atoms with E-state index in [1.165, 1.54) is 11.3 Å². The number of nitrogens with one attached hydrogen (secondary N) is 1. The Morgan fingerprint density at radius 3 is 2.43 bits per heavy atom. The van der Waals surface area contributed by atoms with E-state index in [9.17, 15) is 9.59 Å². The maximum atomic E-state index is 12.4. The fraction of sp³-hybridized carbons (Fsp3) is 0.364. The standard InChI is InChI=1S/C22H26ClN3O2/c1-17-4-2-5-20(16-17)25-12-14-26(15-13-25)21(27)6-3-11-24-22(28)18-7-9-19(23)10-8-18/h2,4-5,7-10,16H,3,6,11-15H2,1H3,(H,24,28). The van der Waals surface area contributed by atoms with Gasteiger partial charge in [0, 0.05) is 55.4 Å². The number of aryl methyl sites for hydroxylation is 1. The largest absolute Gasteiger partial charge is 0.368 e. The van der Waals surface area contributed by atoms with E-state index < -0.39 is 0 Å². The van der Waals surface area contributed by atoms with E-state index in [1.807, 2.05) is 4.90 Å². The number of hydrogen-bond acceptors (Lipinski definition) is 3. The third-order valence-electron chi connectivity index (χ3n) is 4.96. The molecule has 148 valence electrons. The van der Waals surface area contributed by atoms with Crippen LogP contribution in [-0.4, -0.2) is 49.4 Å². The number of anilines is 1. The minimum absolute atomic E-state index is 0.143. The van der Waals surface area contributed by atoms with Gasteiger partial charge in [-0.05, 0) is 55.3 Å². The second-order valence-electron chi connectivity index (χ2n) is 7.07. The Labute approximate surface area is 171 Å². The molecule has 0 bridgehead atoms. The summed E-state index contributed by atoms with van der Waals surface area (Å²) in [5.41, 5.74) is 3.04. The Hall–Kier alpha value is -2.53. The highest BCUT2D eigenvalue weighted by Gasteiger charge is 2.21. The van der Waals surface area contributed by atoms with Crippen molar-refractivity contribution >= 4 is 29.1 Å². The topological polar surface area (TPSA) is 52.6 Å². The summed E-state index contributed by atoms with van der Waals surface area (Å²) in [6.45, 7) is 5.75. The number of hydrogen-bond donors (Lipinski definition) is 1. The fourth-order valence-corrected chi connectivity index (χ4v) is 3.47. The zero-order chi connectivity index (χ0) is 19.9. The molecule has 2 aromatic carbocycles. The predicted octanol–water partition coefficient (Wildman–Crippen LogP) is 3.51. The summed E-state index contributed by atoms with van der Waals surface area (Å²) < 4.78 is 0. The van der Waals surface area contributed by atoms with Gasteiger partial charge in [0.05, 0.1) is 0 Å². The van der Waals surface area contributed by atoms with Gasteiger partial charge in [0.25, 0.3) is 5.91 Å². The lowest BCUT2D eigenvalue weighted by atomic mass is 10.2. The Balaban J connectivity index is 1.36. The SMILES string of the molecule is Cc1cccc(N2CCN(C(=O)CCCNC(=O)c3ccc(Cl)cc3)CC2)c1. The molecule has 28 heavy (non-hydrogen) atoms. The number of piperazine rings is 1. The van der Waals surface area contributed by atoms with Crippen molar-refractivity contribution in [1.29, 1.82) is 0 Å². The van der Waals surface area contributed by atoms with Crippen molar-refractivity contribution in [2.75, 3.05) is 37.6 Å². The molecule has 1 aliphatic rings. The van der Waals surface area contributed by atoms with Gasteiger partial charge in [0.2, 0.25) is 5.91 Å². The molecule has 1 aliphatic heterocycles. The van der Waals surface area contributed by atoms with Crippen molar-refractivity contribution in [3.8, 4) is 0 Å². The molecule has 1 fully saturated rings. The molecule has 0 saturated carbocycles. The quantitative estimate of drug-likeness (QED) is 0.756. The van der Waals surface area contributed by atoms with E-state index in [0.717, 1.165) is 26.2 Å². The summed E-state index contributed by atoms with van der Waals surface area (Å²) in [6, 6.07) is 15.2. The lowest BCUT2D eigenvalue weighted by Crippen LogP contribution is -2.48. The van der Waals surface area contributed by atoms with Gasteiger partial charge in [-0.2, -0.15) is 0 Å². The molecule has 1 saturated heterocycles. The first-order valence-electron chi connectivity index (χ1n) is 9.66. The molecule has 0 radical (unpaired) electrons. The molecule has 3 rings (SSSR count). The summed E-state index contributed by atoms with van der Waals surface area (Å²) in [4.78, 5) is 28.7. The Bertz CT molecular complexity index is 815. The summed E-state index contributed by atoms with van der Waals surface area (Å²) >= 11 is 5.83. The van der Waals surface area contributed by atoms with Crippen molar-refractivity contribution in [3.63, 3.8) is 0 Å². The van der Waals surface area contributed by atoms with Gasteiger partial charge >= 0.3 is 0 Å². The van der Waals surface area contributed by atoms with Crippen LogP contribution in [0.1, 0.15) is 28.8 Å². The van der Waals surface area contributed by atoms with E-state index in [-0.39, 0.29) is 11.8 Å². The minimum atomic E-state index is -0.143. The average molecular weight is 400 g/mol. The second kappa shape index (κ2) is 9.60. The third-order valence-corrected chi connectivity index (χ3v) is 5.21. The molecule has 2 aromatic rings. The second-order valence-corrected chi connectivity index (χ2v) is 7.51. The highest BCUT2D eigenvalue weighted by atomic mass is 35.5. The highest BCUT2D eigenvalue weighted by Crippen LogP contribution is 2.18. The minimum Gasteiger partial charge on any atom is -0.368 e. The molecule has 0 atom stereocenters. The normalized spacial score (nSPS) is 14.1. The third kappa shape index (κ3) is 5.49. The maximum absolute atomic E-state index is 12.4. The summed E-state index contributed by atoms with van der Waals surface area (Å²) in [5.74, 6) is 0.0144. The van der Waals surface area contributed by atoms with Gasteiger partial charge in [-0.3, -0.25) is 9.59 Å². The van der Waals surface area contributed by atoms with E-state index in [4.69, 9.17) is 11.6 Å². The van der Waals surface area contributed by atoms with Crippen molar-refractivity contribution in [3.05, 3.63) is 64.7 Å². The number of benzene rings is 2. The smallest absolute Gasteiger partial charge is 0.251 e. The zero-order valence-corrected chi connectivity index (χ0v) is 16.9. The Kier molecular flexibility index (Phi) is 6.93. The first-order valence-corrected chi connectivity index (χ1v) is 10.0. The van der Waals surface area contributed by atoms with Crippen molar-refractivity contribution in [1.82, 2.24) is 10.2 Å². The summed E-state index contributed by atoms with van der Waals surface area (Å²) in [7, 11) is 0. The van der Waals surface area contributed by atoms with Crippen LogP contribution < -0.4 is 10.2 Å². The van der Waals surface area contributed by atoms with Crippen molar-refractivity contribution in [2.24, 2.45) is 0 Å². The molecule has 5 nitrogen and oxygen atoms in total. The van der Waals surface area contributed by atoms with Crippen molar-refractivity contribution < 1.29 is 9.59 Å². The average Bonchev–Trinajstić information content (AvgIpc) is 2.71. The van der Waals surface area contributed by atoms with Gasteiger partial charge in [-0.1, -0.05) is 23.7 Å². The Morgan fingerprint density at radius 1 is 1.04 bits per heavy atom. The van der Waals surface area contributed by atoms with Crippen LogP contribution in [0.25, 0.3) is 0 Å². The maximum Gasteiger partial charge on any atom is 0.251 e. The van der Waals surface area contributed by atoms with E-state index in [1.54, 1.807) is 24.3 Å². The number of halogens is 1. The van der Waals surface area contributed by atoms with Crippen molar-refractivity contribution in [2.45, 2.75) is 19.8 Å². The van der Waals surface area contributed by atoms with Gasteiger partial charge in [0.1, 0.15) is 0 Å². The lowest BCUT2D eigenvalue weighted by Gasteiger charge is -2.36. The van der Waals surface area contributed by atoms with Gasteiger partial charge < -0.3 is 15.1 Å². The Morgan fingerprint density at radius 2 is 1.75 bits per heavy atom. The molecule has 6 heteroatoms. The zero-order valence-electron chi connectivity index (χ0n) is 16.2. The van der Waals surface area contributed by atoms with Crippen LogP contribution in [0.5, 0.6) is 0 Å². The molecule has 0 aliphatic carbocycles. The van der Waals surface area contributed by atoms with Crippen LogP contribution >= 0.6 is 11.6 Å². The highest BCUT2D eigenvalue weighted by molar-refractivity contribution is 6.30. The molecule has 0 spiro atoms. The van der Waals surface area contributed by atoms with E-state index in [2.05, 4.69) is 41.4 Å². The van der Waals surface area contributed by atoms with Crippen LogP contribution in [-0.2, 0) is 4.79 Å². The molecule has 0 unspecified atom stereocenters. The molecule has 0 aromatic heterocycles. The van der Waals surface area contributed by atoms with Gasteiger partial charge in [-0.15, -0.1) is 0 Å². The van der Waals surface area contributed by atoms with Gasteiger partial charge in [0.15, 0.2) is 0 Å². The first kappa shape index (κ1) is 20.2. The number of amides is 2. The number of carbonyl (C=O) groups is 2. The summed E-state index contributed by atoms with van der Waals surface area (Å²) in [5, 5.41) is 3.45. The van der Waals surface area contributed by atoms with Crippen LogP contribution in [0, 0.1) is 6.92 Å². The number of nitrogens with zero attached hydrogens (tertiary/aromatic N) is 2. The molecular weight excluding hydrogens is 374 g/mol. The first-order chi connectivity index (χ1) is 13.5. The van der Waals surface area contributed by atoms with Gasteiger partial charge in [-0.25, -0.2) is 0 Å². The summed E-state index contributed by atoms with van der Waals surface area (Å²) in [6.07, 6.45) is 1.08. The number of carbonyl (C=O) groups excluding carboxylic acids is 2. The van der Waals surface area contributed by atoms with Crippen LogP contribution in [0.3, 0.4) is 0 Å². The lowest BCUT2D eigenvalue weighted by molar-refractivity contribution is -0.131. The van der Waals surface area contributed by atoms with E-state index in [0.29, 0.717) is 30.0 Å².